The molecule has 5 nitrogen and oxygen atoms in total. The summed E-state index contributed by atoms with van der Waals surface area (Å²) in [6.07, 6.45) is 0. The Morgan fingerprint density at radius 2 is 2.41 bits per heavy atom. The smallest absolute Gasteiger partial charge is 0.268 e. The van der Waals surface area contributed by atoms with Crippen LogP contribution in [0.2, 0.25) is 0 Å². The molecule has 0 saturated heterocycles. The summed E-state index contributed by atoms with van der Waals surface area (Å²) in [5.74, 6) is 1.34. The molecule has 0 aliphatic carbocycles. The first kappa shape index (κ1) is 12.2. The zero-order chi connectivity index (χ0) is 12.1. The lowest BCUT2D eigenvalue weighted by atomic mass is 10.4. The van der Waals surface area contributed by atoms with Crippen molar-refractivity contribution in [3.63, 3.8) is 0 Å². The maximum absolute atomic E-state index is 5.22. The van der Waals surface area contributed by atoms with Gasteiger partial charge in [-0.1, -0.05) is 11.2 Å². The largest absolute Gasteiger partial charge is 0.333 e. The van der Waals surface area contributed by atoms with Gasteiger partial charge in [-0.15, -0.1) is 11.3 Å². The predicted octanol–water partition coefficient (Wildman–Crippen LogP) is 1.45. The summed E-state index contributed by atoms with van der Waals surface area (Å²) >= 11 is 1.60. The third-order valence-electron chi connectivity index (χ3n) is 2.35. The molecule has 1 N–H and O–H groups in total. The molecule has 0 unspecified atom stereocenters. The molecule has 2 aromatic rings. The van der Waals surface area contributed by atoms with E-state index in [1.54, 1.807) is 11.3 Å². The molecule has 0 radical (unpaired) electrons. The molecule has 6 heteroatoms. The minimum atomic E-state index is 0.608. The molecule has 0 aliphatic heterocycles. The molecular weight excluding hydrogens is 236 g/mol. The number of rotatable bonds is 6. The Morgan fingerprint density at radius 1 is 1.53 bits per heavy atom. The van der Waals surface area contributed by atoms with Gasteiger partial charge < -0.3 is 9.84 Å². The molecule has 0 aliphatic rings. The van der Waals surface area contributed by atoms with Crippen LogP contribution in [0.4, 0.5) is 0 Å². The fourth-order valence-corrected chi connectivity index (χ4v) is 2.09. The molecule has 2 aromatic heterocycles. The fraction of sp³-hybridized carbons (Fsp3) is 0.455. The monoisotopic (exact) mass is 252 g/mol. The van der Waals surface area contributed by atoms with Gasteiger partial charge in [-0.3, -0.25) is 4.90 Å². The van der Waals surface area contributed by atoms with Crippen molar-refractivity contribution >= 4 is 11.3 Å². The summed E-state index contributed by atoms with van der Waals surface area (Å²) in [4.78, 5) is 7.54. The van der Waals surface area contributed by atoms with Crippen LogP contribution in [0.3, 0.4) is 0 Å². The van der Waals surface area contributed by atoms with E-state index in [2.05, 4.69) is 20.4 Å². The molecule has 0 saturated carbocycles. The molecule has 2 heterocycles. The lowest BCUT2D eigenvalue weighted by Crippen LogP contribution is -2.27. The molecule has 2 rings (SSSR count). The highest BCUT2D eigenvalue weighted by Crippen LogP contribution is 2.22. The Kier molecular flexibility index (Phi) is 4.24. The minimum Gasteiger partial charge on any atom is -0.333 e. The predicted molar refractivity (Wildman–Crippen MR) is 67.9 cm³/mol. The SMILES string of the molecule is CNCCN(C)Cc1noc(-c2cccs2)n1. The van der Waals surface area contributed by atoms with Crippen molar-refractivity contribution in [2.75, 3.05) is 27.2 Å². The third kappa shape index (κ3) is 3.36. The van der Waals surface area contributed by atoms with E-state index in [-0.39, 0.29) is 0 Å². The van der Waals surface area contributed by atoms with Crippen molar-refractivity contribution in [3.05, 3.63) is 23.3 Å². The van der Waals surface area contributed by atoms with E-state index in [0.717, 1.165) is 23.8 Å². The van der Waals surface area contributed by atoms with Crippen LogP contribution < -0.4 is 5.32 Å². The number of hydrogen-bond donors (Lipinski definition) is 1. The van der Waals surface area contributed by atoms with E-state index in [4.69, 9.17) is 4.52 Å². The van der Waals surface area contributed by atoms with Crippen molar-refractivity contribution < 1.29 is 4.52 Å². The molecule has 0 spiro atoms. The highest BCUT2D eigenvalue weighted by atomic mass is 32.1. The van der Waals surface area contributed by atoms with Crippen LogP contribution in [-0.2, 0) is 6.54 Å². The van der Waals surface area contributed by atoms with Gasteiger partial charge in [0.1, 0.15) is 0 Å². The van der Waals surface area contributed by atoms with Gasteiger partial charge in [0.25, 0.3) is 5.89 Å². The van der Waals surface area contributed by atoms with Crippen molar-refractivity contribution in [2.24, 2.45) is 0 Å². The van der Waals surface area contributed by atoms with Crippen LogP contribution in [-0.4, -0.2) is 42.2 Å². The third-order valence-corrected chi connectivity index (χ3v) is 3.21. The first-order valence-corrected chi connectivity index (χ1v) is 6.37. The topological polar surface area (TPSA) is 54.2 Å². The van der Waals surface area contributed by atoms with E-state index < -0.39 is 0 Å². The van der Waals surface area contributed by atoms with Crippen LogP contribution >= 0.6 is 11.3 Å². The molecular formula is C11H16N4OS. The van der Waals surface area contributed by atoms with Gasteiger partial charge in [0.05, 0.1) is 11.4 Å². The second-order valence-electron chi connectivity index (χ2n) is 3.83. The Labute approximate surface area is 104 Å². The van der Waals surface area contributed by atoms with Gasteiger partial charge in [0.2, 0.25) is 0 Å². The Hall–Kier alpha value is -1.24. The highest BCUT2D eigenvalue weighted by molar-refractivity contribution is 7.13. The highest BCUT2D eigenvalue weighted by Gasteiger charge is 2.10. The summed E-state index contributed by atoms with van der Waals surface area (Å²) in [7, 11) is 3.98. The molecule has 0 aromatic carbocycles. The lowest BCUT2D eigenvalue weighted by molar-refractivity contribution is 0.311. The number of aromatic nitrogens is 2. The molecule has 0 bridgehead atoms. The molecule has 0 fully saturated rings. The summed E-state index contributed by atoms with van der Waals surface area (Å²) < 4.78 is 5.22. The van der Waals surface area contributed by atoms with Crippen LogP contribution in [0, 0.1) is 0 Å². The zero-order valence-electron chi connectivity index (χ0n) is 10.0. The van der Waals surface area contributed by atoms with Crippen molar-refractivity contribution in [1.29, 1.82) is 0 Å². The van der Waals surface area contributed by atoms with Gasteiger partial charge >= 0.3 is 0 Å². The standard InChI is InChI=1S/C11H16N4OS/c1-12-5-6-15(2)8-10-13-11(16-14-10)9-4-3-7-17-9/h3-4,7,12H,5-6,8H2,1-2H3. The van der Waals surface area contributed by atoms with Crippen LogP contribution in [0.1, 0.15) is 5.82 Å². The first-order valence-electron chi connectivity index (χ1n) is 5.49. The summed E-state index contributed by atoms with van der Waals surface area (Å²) in [5, 5.41) is 9.08. The number of hydrogen-bond acceptors (Lipinski definition) is 6. The lowest BCUT2D eigenvalue weighted by Gasteiger charge is -2.13. The molecule has 17 heavy (non-hydrogen) atoms. The van der Waals surface area contributed by atoms with Crippen LogP contribution in [0.25, 0.3) is 10.8 Å². The number of nitrogens with one attached hydrogen (secondary N) is 1. The van der Waals surface area contributed by atoms with E-state index >= 15 is 0 Å². The quantitative estimate of drug-likeness (QED) is 0.843. The molecule has 0 amide bonds. The maximum atomic E-state index is 5.22. The van der Waals surface area contributed by atoms with Gasteiger partial charge in [-0.25, -0.2) is 0 Å². The van der Waals surface area contributed by atoms with Crippen LogP contribution in [0.5, 0.6) is 0 Å². The second kappa shape index (κ2) is 5.90. The summed E-state index contributed by atoms with van der Waals surface area (Å²) in [6, 6.07) is 3.95. The summed E-state index contributed by atoms with van der Waals surface area (Å²) in [5.41, 5.74) is 0. The minimum absolute atomic E-state index is 0.608. The number of nitrogens with zero attached hydrogens (tertiary/aromatic N) is 3. The van der Waals surface area contributed by atoms with E-state index in [1.165, 1.54) is 0 Å². The zero-order valence-corrected chi connectivity index (χ0v) is 10.8. The molecule has 92 valence electrons. The van der Waals surface area contributed by atoms with Gasteiger partial charge in [-0.05, 0) is 25.5 Å². The number of thiophene rings is 1. The maximum Gasteiger partial charge on any atom is 0.268 e. The second-order valence-corrected chi connectivity index (χ2v) is 4.78. The van der Waals surface area contributed by atoms with Crippen molar-refractivity contribution in [2.45, 2.75) is 6.54 Å². The van der Waals surface area contributed by atoms with Crippen molar-refractivity contribution in [1.82, 2.24) is 20.4 Å². The van der Waals surface area contributed by atoms with Gasteiger partial charge in [0.15, 0.2) is 5.82 Å². The average Bonchev–Trinajstić information content (AvgIpc) is 2.95. The number of likely N-dealkylation sites (N-methyl/N-ethyl adjacent to an activating group) is 2. The first-order chi connectivity index (χ1) is 8.29. The average molecular weight is 252 g/mol. The van der Waals surface area contributed by atoms with Gasteiger partial charge in [-0.2, -0.15) is 4.98 Å². The van der Waals surface area contributed by atoms with E-state index in [0.29, 0.717) is 12.4 Å². The fourth-order valence-electron chi connectivity index (χ4n) is 1.44. The normalized spacial score (nSPS) is 11.2. The van der Waals surface area contributed by atoms with Gasteiger partial charge in [0, 0.05) is 13.1 Å². The Balaban J connectivity index is 1.94. The van der Waals surface area contributed by atoms with Crippen molar-refractivity contribution in [3.8, 4) is 10.8 Å². The molecule has 0 atom stereocenters. The van der Waals surface area contributed by atoms with E-state index in [1.807, 2.05) is 31.6 Å². The summed E-state index contributed by atoms with van der Waals surface area (Å²) in [6.45, 7) is 2.61. The Bertz CT molecular complexity index is 440. The Morgan fingerprint density at radius 3 is 3.12 bits per heavy atom. The van der Waals surface area contributed by atoms with Crippen LogP contribution in [0.15, 0.2) is 22.0 Å². The van der Waals surface area contributed by atoms with E-state index in [9.17, 15) is 0 Å².